The summed E-state index contributed by atoms with van der Waals surface area (Å²) < 4.78 is 0. The van der Waals surface area contributed by atoms with E-state index in [1.54, 1.807) is 0 Å². The Balaban J connectivity index is 2.12. The van der Waals surface area contributed by atoms with Crippen LogP contribution in [0.25, 0.3) is 0 Å². The lowest BCUT2D eigenvalue weighted by atomic mass is 9.98. The molecule has 1 fully saturated rings. The second-order valence-electron chi connectivity index (χ2n) is 4.69. The van der Waals surface area contributed by atoms with Crippen LogP contribution in [0.2, 0.25) is 5.28 Å². The molecule has 2 aliphatic heterocycles. The number of halogens is 1. The molecule has 6 heteroatoms. The summed E-state index contributed by atoms with van der Waals surface area (Å²) in [6.45, 7) is 2.86. The van der Waals surface area contributed by atoms with Crippen molar-refractivity contribution < 1.29 is 4.79 Å². The maximum absolute atomic E-state index is 12.1. The van der Waals surface area contributed by atoms with Gasteiger partial charge >= 0.3 is 0 Å². The number of fused-ring (bicyclic) bond motifs is 3. The van der Waals surface area contributed by atoms with E-state index in [-0.39, 0.29) is 17.2 Å². The highest BCUT2D eigenvalue weighted by Gasteiger charge is 2.37. The van der Waals surface area contributed by atoms with Crippen LogP contribution in [0.15, 0.2) is 0 Å². The molecule has 0 radical (unpaired) electrons. The summed E-state index contributed by atoms with van der Waals surface area (Å²) in [6.07, 6.45) is 3.79. The van der Waals surface area contributed by atoms with E-state index in [1.165, 1.54) is 0 Å². The van der Waals surface area contributed by atoms with Crippen molar-refractivity contribution in [2.24, 2.45) is 0 Å². The third-order valence-electron chi connectivity index (χ3n) is 3.60. The molecule has 3 rings (SSSR count). The summed E-state index contributed by atoms with van der Waals surface area (Å²) in [5, 5.41) is 3.20. The molecular weight excluding hydrogens is 252 g/mol. The van der Waals surface area contributed by atoms with Gasteiger partial charge in [0.25, 0.3) is 0 Å². The van der Waals surface area contributed by atoms with Gasteiger partial charge in [-0.2, -0.15) is 4.98 Å². The molecule has 2 aliphatic rings. The molecule has 18 heavy (non-hydrogen) atoms. The van der Waals surface area contributed by atoms with E-state index in [1.807, 2.05) is 6.92 Å². The number of nitrogens with zero attached hydrogens (tertiary/aromatic N) is 3. The van der Waals surface area contributed by atoms with Gasteiger partial charge in [0.05, 0.1) is 5.69 Å². The second-order valence-corrected chi connectivity index (χ2v) is 5.02. The quantitative estimate of drug-likeness (QED) is 0.790. The van der Waals surface area contributed by atoms with Gasteiger partial charge < -0.3 is 10.2 Å². The highest BCUT2D eigenvalue weighted by molar-refractivity contribution is 6.28. The first-order valence-corrected chi connectivity index (χ1v) is 6.72. The number of aryl methyl sites for hydroxylation is 1. The van der Waals surface area contributed by atoms with Crippen LogP contribution in [-0.4, -0.2) is 28.5 Å². The van der Waals surface area contributed by atoms with Crippen LogP contribution in [0.4, 0.5) is 11.5 Å². The highest BCUT2D eigenvalue weighted by atomic mass is 35.5. The number of rotatable bonds is 1. The fraction of sp³-hybridized carbons (Fsp3) is 0.583. The fourth-order valence-corrected chi connectivity index (χ4v) is 2.90. The van der Waals surface area contributed by atoms with Crippen LogP contribution in [0.1, 0.15) is 31.9 Å². The van der Waals surface area contributed by atoms with Gasteiger partial charge in [-0.05, 0) is 37.3 Å². The predicted octanol–water partition coefficient (Wildman–Crippen LogP) is 2.00. The zero-order valence-corrected chi connectivity index (χ0v) is 11.0. The first-order chi connectivity index (χ1) is 8.70. The topological polar surface area (TPSA) is 58.1 Å². The minimum atomic E-state index is -0.0954. The normalized spacial score (nSPS) is 22.2. The summed E-state index contributed by atoms with van der Waals surface area (Å²) in [6, 6.07) is -0.0954. The van der Waals surface area contributed by atoms with Crippen LogP contribution < -0.4 is 10.2 Å². The molecule has 5 nitrogen and oxygen atoms in total. The zero-order valence-electron chi connectivity index (χ0n) is 10.2. The van der Waals surface area contributed by atoms with Gasteiger partial charge in [0.15, 0.2) is 5.82 Å². The Bertz CT molecular complexity index is 505. The number of hydrogen-bond donors (Lipinski definition) is 1. The molecule has 3 heterocycles. The van der Waals surface area contributed by atoms with Gasteiger partial charge in [-0.1, -0.05) is 6.92 Å². The van der Waals surface area contributed by atoms with E-state index in [9.17, 15) is 4.79 Å². The highest BCUT2D eigenvalue weighted by Crippen LogP contribution is 2.36. The molecular formula is C12H15ClN4O. The molecule has 0 aliphatic carbocycles. The number of carbonyl (C=O) groups is 1. The first kappa shape index (κ1) is 11.7. The molecule has 0 spiro atoms. The molecule has 1 atom stereocenters. The molecule has 1 aromatic heterocycles. The lowest BCUT2D eigenvalue weighted by Crippen LogP contribution is -2.51. The van der Waals surface area contributed by atoms with E-state index in [0.717, 1.165) is 49.4 Å². The number of piperidine rings is 1. The Morgan fingerprint density at radius 1 is 1.44 bits per heavy atom. The van der Waals surface area contributed by atoms with Crippen LogP contribution in [-0.2, 0) is 11.2 Å². The molecule has 96 valence electrons. The van der Waals surface area contributed by atoms with Crippen molar-refractivity contribution in [3.63, 3.8) is 0 Å². The SMILES string of the molecule is CCc1nc(Cl)nc2c1NC(=O)C1CCCCN21. The summed E-state index contributed by atoms with van der Waals surface area (Å²) in [7, 11) is 0. The first-order valence-electron chi connectivity index (χ1n) is 6.34. The maximum atomic E-state index is 12.1. The van der Waals surface area contributed by atoms with Crippen LogP contribution in [0.3, 0.4) is 0 Å². The Labute approximate surface area is 111 Å². The molecule has 1 saturated heterocycles. The third-order valence-corrected chi connectivity index (χ3v) is 3.77. The van der Waals surface area contributed by atoms with E-state index in [4.69, 9.17) is 11.6 Å². The van der Waals surface area contributed by atoms with Crippen molar-refractivity contribution in [2.45, 2.75) is 38.6 Å². The van der Waals surface area contributed by atoms with Crippen LogP contribution in [0, 0.1) is 0 Å². The molecule has 0 aromatic carbocycles. The summed E-state index contributed by atoms with van der Waals surface area (Å²) >= 11 is 5.97. The van der Waals surface area contributed by atoms with Crippen LogP contribution in [0.5, 0.6) is 0 Å². The van der Waals surface area contributed by atoms with Gasteiger partial charge in [0.2, 0.25) is 11.2 Å². The predicted molar refractivity (Wildman–Crippen MR) is 70.0 cm³/mol. The minimum Gasteiger partial charge on any atom is -0.343 e. The van der Waals surface area contributed by atoms with E-state index >= 15 is 0 Å². The van der Waals surface area contributed by atoms with Crippen molar-refractivity contribution in [3.05, 3.63) is 11.0 Å². The zero-order chi connectivity index (χ0) is 12.7. The molecule has 1 unspecified atom stereocenters. The van der Waals surface area contributed by atoms with Crippen LogP contribution >= 0.6 is 11.6 Å². The van der Waals surface area contributed by atoms with Crippen molar-refractivity contribution >= 4 is 29.0 Å². The average Bonchev–Trinajstić information content (AvgIpc) is 2.39. The Hall–Kier alpha value is -1.36. The fourth-order valence-electron chi connectivity index (χ4n) is 2.72. The molecule has 1 N–H and O–H groups in total. The van der Waals surface area contributed by atoms with E-state index in [2.05, 4.69) is 20.2 Å². The number of nitrogens with one attached hydrogen (secondary N) is 1. The Morgan fingerprint density at radius 3 is 3.06 bits per heavy atom. The number of carbonyl (C=O) groups excluding carboxylic acids is 1. The Morgan fingerprint density at radius 2 is 2.28 bits per heavy atom. The maximum Gasteiger partial charge on any atom is 0.247 e. The number of anilines is 2. The van der Waals surface area contributed by atoms with Gasteiger partial charge in [0.1, 0.15) is 11.7 Å². The third kappa shape index (κ3) is 1.73. The molecule has 0 saturated carbocycles. The lowest BCUT2D eigenvalue weighted by molar-refractivity contribution is -0.118. The number of amides is 1. The number of hydrogen-bond acceptors (Lipinski definition) is 4. The summed E-state index contributed by atoms with van der Waals surface area (Å²) in [4.78, 5) is 22.7. The Kier molecular flexibility index (Phi) is 2.86. The molecule has 1 amide bonds. The molecule has 0 bridgehead atoms. The van der Waals surface area contributed by atoms with Gasteiger partial charge in [0, 0.05) is 6.54 Å². The molecule has 1 aromatic rings. The van der Waals surface area contributed by atoms with E-state index in [0.29, 0.717) is 0 Å². The van der Waals surface area contributed by atoms with Crippen molar-refractivity contribution in [1.82, 2.24) is 9.97 Å². The minimum absolute atomic E-state index is 0.0582. The van der Waals surface area contributed by atoms with Crippen molar-refractivity contribution in [2.75, 3.05) is 16.8 Å². The largest absolute Gasteiger partial charge is 0.343 e. The van der Waals surface area contributed by atoms with Crippen molar-refractivity contribution in [3.8, 4) is 0 Å². The van der Waals surface area contributed by atoms with Crippen molar-refractivity contribution in [1.29, 1.82) is 0 Å². The monoisotopic (exact) mass is 266 g/mol. The lowest BCUT2D eigenvalue weighted by Gasteiger charge is -2.40. The summed E-state index contributed by atoms with van der Waals surface area (Å²) in [5.41, 5.74) is 1.55. The summed E-state index contributed by atoms with van der Waals surface area (Å²) in [5.74, 6) is 0.846. The number of aromatic nitrogens is 2. The smallest absolute Gasteiger partial charge is 0.247 e. The van der Waals surface area contributed by atoms with Gasteiger partial charge in [-0.3, -0.25) is 4.79 Å². The van der Waals surface area contributed by atoms with E-state index < -0.39 is 0 Å². The van der Waals surface area contributed by atoms with Gasteiger partial charge in [-0.25, -0.2) is 4.98 Å². The average molecular weight is 267 g/mol. The van der Waals surface area contributed by atoms with Gasteiger partial charge in [-0.15, -0.1) is 0 Å². The standard InChI is InChI=1S/C12H15ClN4O/c1-2-7-9-10(16-12(13)14-7)17-6-4-3-5-8(17)11(18)15-9/h8H,2-6H2,1H3,(H,15,18). The second kappa shape index (κ2) is 4.39.